The maximum absolute atomic E-state index is 11.9. The summed E-state index contributed by atoms with van der Waals surface area (Å²) >= 11 is 5.70. The number of rotatable bonds is 7. The van der Waals surface area contributed by atoms with Gasteiger partial charge < -0.3 is 4.74 Å². The van der Waals surface area contributed by atoms with Gasteiger partial charge in [0.25, 0.3) is 0 Å². The lowest BCUT2D eigenvalue weighted by Gasteiger charge is -2.05. The molecule has 0 bridgehead atoms. The molecular formula is C13H17ClO4S. The van der Waals surface area contributed by atoms with Crippen LogP contribution in [-0.2, 0) is 31.0 Å². The molecule has 0 aromatic heterocycles. The standard InChI is InChI=1S/C13H17ClO4S/c1-18-13(15)6-3-7-19(16,17)10-12-5-2-4-11(8-12)9-14/h2,4-5,8H,3,6-7,9-10H2,1H3. The molecule has 0 aliphatic carbocycles. The Labute approximate surface area is 118 Å². The molecule has 0 heterocycles. The predicted molar refractivity (Wildman–Crippen MR) is 74.7 cm³/mol. The first-order chi connectivity index (χ1) is 8.96. The van der Waals surface area contributed by atoms with E-state index in [4.69, 9.17) is 11.6 Å². The maximum atomic E-state index is 11.9. The van der Waals surface area contributed by atoms with Crippen LogP contribution in [-0.4, -0.2) is 27.2 Å². The van der Waals surface area contributed by atoms with Crippen molar-refractivity contribution < 1.29 is 17.9 Å². The number of esters is 1. The molecule has 0 aliphatic heterocycles. The normalized spacial score (nSPS) is 11.3. The molecule has 6 heteroatoms. The molecule has 0 spiro atoms. The number of hydrogen-bond donors (Lipinski definition) is 0. The molecule has 1 rings (SSSR count). The fraction of sp³-hybridized carbons (Fsp3) is 0.462. The molecule has 0 N–H and O–H groups in total. The van der Waals surface area contributed by atoms with E-state index in [1.54, 1.807) is 18.2 Å². The number of benzene rings is 1. The molecule has 1 aromatic carbocycles. The van der Waals surface area contributed by atoms with Gasteiger partial charge in [-0.2, -0.15) is 0 Å². The topological polar surface area (TPSA) is 60.4 Å². The Morgan fingerprint density at radius 3 is 2.63 bits per heavy atom. The van der Waals surface area contributed by atoms with Gasteiger partial charge >= 0.3 is 5.97 Å². The van der Waals surface area contributed by atoms with Gasteiger partial charge in [0.05, 0.1) is 18.6 Å². The van der Waals surface area contributed by atoms with Crippen molar-refractivity contribution in [3.63, 3.8) is 0 Å². The number of alkyl halides is 1. The third kappa shape index (κ3) is 6.07. The fourth-order valence-electron chi connectivity index (χ4n) is 1.67. The number of sulfone groups is 1. The van der Waals surface area contributed by atoms with Gasteiger partial charge in [-0.3, -0.25) is 4.79 Å². The molecule has 0 saturated heterocycles. The van der Waals surface area contributed by atoms with Gasteiger partial charge in [0.1, 0.15) is 0 Å². The first-order valence-corrected chi connectivity index (χ1v) is 8.23. The van der Waals surface area contributed by atoms with Crippen molar-refractivity contribution >= 4 is 27.4 Å². The lowest BCUT2D eigenvalue weighted by atomic mass is 10.2. The predicted octanol–water partition coefficient (Wildman–Crippen LogP) is 2.29. The van der Waals surface area contributed by atoms with Crippen LogP contribution in [0.2, 0.25) is 0 Å². The van der Waals surface area contributed by atoms with E-state index in [9.17, 15) is 13.2 Å². The number of halogens is 1. The summed E-state index contributed by atoms with van der Waals surface area (Å²) in [4.78, 5) is 10.9. The van der Waals surface area contributed by atoms with Gasteiger partial charge in [-0.1, -0.05) is 24.3 Å². The summed E-state index contributed by atoms with van der Waals surface area (Å²) in [7, 11) is -1.93. The summed E-state index contributed by atoms with van der Waals surface area (Å²) in [5.74, 6) is -0.0816. The maximum Gasteiger partial charge on any atom is 0.305 e. The minimum atomic E-state index is -3.21. The summed E-state index contributed by atoms with van der Waals surface area (Å²) in [5, 5.41) is 0. The number of ether oxygens (including phenoxy) is 1. The molecule has 0 aliphatic rings. The third-order valence-corrected chi connectivity index (χ3v) is 4.59. The smallest absolute Gasteiger partial charge is 0.305 e. The monoisotopic (exact) mass is 304 g/mol. The van der Waals surface area contributed by atoms with Crippen molar-refractivity contribution in [3.8, 4) is 0 Å². The van der Waals surface area contributed by atoms with Crippen molar-refractivity contribution in [2.45, 2.75) is 24.5 Å². The largest absolute Gasteiger partial charge is 0.469 e. The summed E-state index contributed by atoms with van der Waals surface area (Å²) in [6.45, 7) is 0. The van der Waals surface area contributed by atoms with Crippen LogP contribution in [0.15, 0.2) is 24.3 Å². The molecule has 0 saturated carbocycles. The number of carbonyl (C=O) groups excluding carboxylic acids is 1. The van der Waals surface area contributed by atoms with Crippen molar-refractivity contribution in [2.24, 2.45) is 0 Å². The second-order valence-corrected chi connectivity index (χ2v) is 6.68. The molecule has 0 radical (unpaired) electrons. The zero-order valence-corrected chi connectivity index (χ0v) is 12.3. The first kappa shape index (κ1) is 16.0. The van der Waals surface area contributed by atoms with E-state index in [-0.39, 0.29) is 30.3 Å². The van der Waals surface area contributed by atoms with Crippen LogP contribution >= 0.6 is 11.6 Å². The van der Waals surface area contributed by atoms with Crippen molar-refractivity contribution in [1.29, 1.82) is 0 Å². The molecular weight excluding hydrogens is 288 g/mol. The minimum absolute atomic E-state index is 0.0206. The Morgan fingerprint density at radius 1 is 1.32 bits per heavy atom. The number of methoxy groups -OCH3 is 1. The summed E-state index contributed by atoms with van der Waals surface area (Å²) in [5.41, 5.74) is 1.61. The van der Waals surface area contributed by atoms with Crippen LogP contribution in [0.4, 0.5) is 0 Å². The molecule has 19 heavy (non-hydrogen) atoms. The van der Waals surface area contributed by atoms with Crippen molar-refractivity contribution in [1.82, 2.24) is 0 Å². The van der Waals surface area contributed by atoms with Gasteiger partial charge in [0.2, 0.25) is 0 Å². The van der Waals surface area contributed by atoms with Crippen LogP contribution in [0.5, 0.6) is 0 Å². The average Bonchev–Trinajstić information content (AvgIpc) is 2.37. The Kier molecular flexibility index (Phi) is 6.31. The number of carbonyl (C=O) groups is 1. The zero-order valence-electron chi connectivity index (χ0n) is 10.8. The average molecular weight is 305 g/mol. The van der Waals surface area contributed by atoms with Gasteiger partial charge in [0, 0.05) is 12.3 Å². The summed E-state index contributed by atoms with van der Waals surface area (Å²) < 4.78 is 28.2. The molecule has 106 valence electrons. The molecule has 0 fully saturated rings. The van der Waals surface area contributed by atoms with Gasteiger partial charge in [-0.25, -0.2) is 8.42 Å². The van der Waals surface area contributed by atoms with Crippen LogP contribution in [0, 0.1) is 0 Å². The number of hydrogen-bond acceptors (Lipinski definition) is 4. The van der Waals surface area contributed by atoms with Crippen molar-refractivity contribution in [2.75, 3.05) is 12.9 Å². The Hall–Kier alpha value is -1.07. The van der Waals surface area contributed by atoms with Crippen LogP contribution < -0.4 is 0 Å². The molecule has 1 aromatic rings. The quantitative estimate of drug-likeness (QED) is 0.573. The minimum Gasteiger partial charge on any atom is -0.469 e. The van der Waals surface area contributed by atoms with E-state index in [0.29, 0.717) is 5.88 Å². The van der Waals surface area contributed by atoms with E-state index in [2.05, 4.69) is 4.74 Å². The second kappa shape index (κ2) is 7.50. The molecule has 0 atom stereocenters. The Balaban J connectivity index is 2.56. The van der Waals surface area contributed by atoms with E-state index >= 15 is 0 Å². The van der Waals surface area contributed by atoms with Crippen LogP contribution in [0.1, 0.15) is 24.0 Å². The SMILES string of the molecule is COC(=O)CCCS(=O)(=O)Cc1cccc(CCl)c1. The zero-order chi connectivity index (χ0) is 14.3. The highest BCUT2D eigenvalue weighted by atomic mass is 35.5. The first-order valence-electron chi connectivity index (χ1n) is 5.88. The fourth-order valence-corrected chi connectivity index (χ4v) is 3.25. The summed E-state index contributed by atoms with van der Waals surface area (Å²) in [6, 6.07) is 7.18. The highest BCUT2D eigenvalue weighted by Crippen LogP contribution is 2.12. The van der Waals surface area contributed by atoms with E-state index in [1.807, 2.05) is 6.07 Å². The van der Waals surface area contributed by atoms with Crippen LogP contribution in [0.3, 0.4) is 0 Å². The van der Waals surface area contributed by atoms with E-state index < -0.39 is 9.84 Å². The lowest BCUT2D eigenvalue weighted by Crippen LogP contribution is -2.11. The van der Waals surface area contributed by atoms with E-state index in [1.165, 1.54) is 7.11 Å². The highest BCUT2D eigenvalue weighted by Gasteiger charge is 2.13. The van der Waals surface area contributed by atoms with Gasteiger partial charge in [0.15, 0.2) is 9.84 Å². The van der Waals surface area contributed by atoms with Gasteiger partial charge in [-0.15, -0.1) is 11.6 Å². The van der Waals surface area contributed by atoms with Crippen LogP contribution in [0.25, 0.3) is 0 Å². The second-order valence-electron chi connectivity index (χ2n) is 4.23. The molecule has 0 unspecified atom stereocenters. The third-order valence-electron chi connectivity index (χ3n) is 2.60. The van der Waals surface area contributed by atoms with Crippen molar-refractivity contribution in [3.05, 3.63) is 35.4 Å². The van der Waals surface area contributed by atoms with E-state index in [0.717, 1.165) is 11.1 Å². The van der Waals surface area contributed by atoms with Gasteiger partial charge in [-0.05, 0) is 17.5 Å². The molecule has 0 amide bonds. The highest BCUT2D eigenvalue weighted by molar-refractivity contribution is 7.90. The Bertz CT molecular complexity index is 525. The summed E-state index contributed by atoms with van der Waals surface area (Å²) in [6.07, 6.45) is 0.404. The lowest BCUT2D eigenvalue weighted by molar-refractivity contribution is -0.140. The Morgan fingerprint density at radius 2 is 2.00 bits per heavy atom. The molecule has 4 nitrogen and oxygen atoms in total.